The van der Waals surface area contributed by atoms with Gasteiger partial charge in [0.15, 0.2) is 6.23 Å². The van der Waals surface area contributed by atoms with Crippen LogP contribution in [-0.4, -0.2) is 17.9 Å². The molecule has 1 aliphatic rings. The Bertz CT molecular complexity index is 595. The van der Waals surface area contributed by atoms with Gasteiger partial charge in [-0.1, -0.05) is 48.5 Å². The van der Waals surface area contributed by atoms with Gasteiger partial charge in [-0.3, -0.25) is 4.79 Å². The smallest absolute Gasteiger partial charge is 0.256 e. The van der Waals surface area contributed by atoms with Gasteiger partial charge in [0.25, 0.3) is 5.91 Å². The molecule has 0 aliphatic carbocycles. The largest absolute Gasteiger partial charge is 0.357 e. The van der Waals surface area contributed by atoms with Gasteiger partial charge in [-0.15, -0.1) is 0 Å². The first-order valence-corrected chi connectivity index (χ1v) is 6.28. The highest BCUT2D eigenvalue weighted by Crippen LogP contribution is 2.34. The second kappa shape index (κ2) is 4.86. The van der Waals surface area contributed by atoms with Crippen molar-refractivity contribution in [3.8, 4) is 0 Å². The Labute approximate surface area is 112 Å². The summed E-state index contributed by atoms with van der Waals surface area (Å²) in [7, 11) is 1.64. The van der Waals surface area contributed by atoms with Crippen molar-refractivity contribution in [3.05, 3.63) is 71.3 Å². The first-order valence-electron chi connectivity index (χ1n) is 6.28. The maximum Gasteiger partial charge on any atom is 0.256 e. The number of hydrogen-bond donors (Lipinski definition) is 0. The van der Waals surface area contributed by atoms with Crippen LogP contribution in [0.25, 0.3) is 0 Å². The molecule has 1 amide bonds. The van der Waals surface area contributed by atoms with Crippen molar-refractivity contribution in [1.82, 2.24) is 4.90 Å². The Morgan fingerprint density at radius 1 is 1.05 bits per heavy atom. The van der Waals surface area contributed by atoms with E-state index in [4.69, 9.17) is 4.74 Å². The van der Waals surface area contributed by atoms with Crippen LogP contribution in [0, 0.1) is 0 Å². The van der Waals surface area contributed by atoms with E-state index in [1.807, 2.05) is 54.6 Å². The first kappa shape index (κ1) is 11.9. The molecule has 96 valence electrons. The summed E-state index contributed by atoms with van der Waals surface area (Å²) in [4.78, 5) is 14.2. The monoisotopic (exact) mass is 253 g/mol. The zero-order valence-corrected chi connectivity index (χ0v) is 10.7. The van der Waals surface area contributed by atoms with E-state index in [1.165, 1.54) is 0 Å². The van der Waals surface area contributed by atoms with Crippen LogP contribution in [0.4, 0.5) is 0 Å². The zero-order chi connectivity index (χ0) is 13.2. The molecule has 3 nitrogen and oxygen atoms in total. The third-order valence-electron chi connectivity index (χ3n) is 3.42. The zero-order valence-electron chi connectivity index (χ0n) is 10.7. The number of fused-ring (bicyclic) bond motifs is 1. The average molecular weight is 253 g/mol. The highest BCUT2D eigenvalue weighted by molar-refractivity contribution is 5.98. The van der Waals surface area contributed by atoms with E-state index < -0.39 is 0 Å². The maximum atomic E-state index is 12.4. The standard InChI is InChI=1S/C16H15NO2/c1-19-16-14-10-6-5-9-13(14)15(18)17(16)11-12-7-3-2-4-8-12/h2-10,16H,11H2,1H3/t16-/m0/s1. The molecule has 0 aromatic heterocycles. The van der Waals surface area contributed by atoms with Gasteiger partial charge in [-0.2, -0.15) is 0 Å². The molecule has 0 saturated carbocycles. The number of benzene rings is 2. The van der Waals surface area contributed by atoms with Gasteiger partial charge < -0.3 is 9.64 Å². The van der Waals surface area contributed by atoms with Crippen LogP contribution in [0.2, 0.25) is 0 Å². The van der Waals surface area contributed by atoms with Crippen molar-refractivity contribution >= 4 is 5.91 Å². The molecule has 0 N–H and O–H groups in total. The lowest BCUT2D eigenvalue weighted by atomic mass is 10.1. The van der Waals surface area contributed by atoms with Gasteiger partial charge in [-0.05, 0) is 11.6 Å². The van der Waals surface area contributed by atoms with Gasteiger partial charge in [0.1, 0.15) is 0 Å². The van der Waals surface area contributed by atoms with Crippen molar-refractivity contribution in [2.75, 3.05) is 7.11 Å². The predicted molar refractivity (Wildman–Crippen MR) is 72.5 cm³/mol. The molecule has 1 aliphatic heterocycles. The van der Waals surface area contributed by atoms with Gasteiger partial charge in [0, 0.05) is 24.8 Å². The van der Waals surface area contributed by atoms with E-state index >= 15 is 0 Å². The SMILES string of the molecule is CO[C@H]1c2ccccc2C(=O)N1Cc1ccccc1. The van der Waals surface area contributed by atoms with Crippen molar-refractivity contribution in [2.45, 2.75) is 12.8 Å². The molecule has 0 unspecified atom stereocenters. The minimum absolute atomic E-state index is 0.0336. The van der Waals surface area contributed by atoms with E-state index in [2.05, 4.69) is 0 Å². The van der Waals surface area contributed by atoms with Crippen LogP contribution in [0.5, 0.6) is 0 Å². The number of methoxy groups -OCH3 is 1. The van der Waals surface area contributed by atoms with Gasteiger partial charge in [0.2, 0.25) is 0 Å². The van der Waals surface area contributed by atoms with Crippen molar-refractivity contribution < 1.29 is 9.53 Å². The van der Waals surface area contributed by atoms with Crippen LogP contribution in [0.1, 0.15) is 27.7 Å². The van der Waals surface area contributed by atoms with Crippen LogP contribution in [0.3, 0.4) is 0 Å². The van der Waals surface area contributed by atoms with Crippen LogP contribution < -0.4 is 0 Å². The van der Waals surface area contributed by atoms with Crippen molar-refractivity contribution in [2.24, 2.45) is 0 Å². The highest BCUT2D eigenvalue weighted by atomic mass is 16.5. The van der Waals surface area contributed by atoms with E-state index in [1.54, 1.807) is 12.0 Å². The number of nitrogens with zero attached hydrogens (tertiary/aromatic N) is 1. The van der Waals surface area contributed by atoms with Crippen LogP contribution in [0.15, 0.2) is 54.6 Å². The number of rotatable bonds is 3. The Balaban J connectivity index is 1.93. The van der Waals surface area contributed by atoms with Crippen molar-refractivity contribution in [1.29, 1.82) is 0 Å². The van der Waals surface area contributed by atoms with E-state index in [0.717, 1.165) is 16.7 Å². The summed E-state index contributed by atoms with van der Waals surface area (Å²) >= 11 is 0. The normalized spacial score (nSPS) is 17.6. The molecule has 0 fully saturated rings. The molecule has 3 rings (SSSR count). The summed E-state index contributed by atoms with van der Waals surface area (Å²) in [6, 6.07) is 17.6. The molecule has 2 aromatic carbocycles. The van der Waals surface area contributed by atoms with Gasteiger partial charge in [-0.25, -0.2) is 0 Å². The lowest BCUT2D eigenvalue weighted by molar-refractivity contribution is -0.0162. The second-order valence-electron chi connectivity index (χ2n) is 4.59. The van der Waals surface area contributed by atoms with Crippen molar-refractivity contribution in [3.63, 3.8) is 0 Å². The van der Waals surface area contributed by atoms with E-state index in [9.17, 15) is 4.79 Å². The number of amides is 1. The fraction of sp³-hybridized carbons (Fsp3) is 0.188. The molecule has 1 heterocycles. The van der Waals surface area contributed by atoms with Gasteiger partial charge >= 0.3 is 0 Å². The van der Waals surface area contributed by atoms with E-state index in [-0.39, 0.29) is 12.1 Å². The fourth-order valence-corrected chi connectivity index (χ4v) is 2.53. The number of hydrogen-bond acceptors (Lipinski definition) is 2. The third-order valence-corrected chi connectivity index (χ3v) is 3.42. The summed E-state index contributed by atoms with van der Waals surface area (Å²) in [6.45, 7) is 0.562. The Morgan fingerprint density at radius 3 is 2.47 bits per heavy atom. The van der Waals surface area contributed by atoms with Crippen LogP contribution in [-0.2, 0) is 11.3 Å². The molecular formula is C16H15NO2. The number of carbonyl (C=O) groups is 1. The van der Waals surface area contributed by atoms with Gasteiger partial charge in [0.05, 0.1) is 0 Å². The number of ether oxygens (including phenoxy) is 1. The molecule has 1 atom stereocenters. The predicted octanol–water partition coefficient (Wildman–Crippen LogP) is 2.99. The molecule has 19 heavy (non-hydrogen) atoms. The number of carbonyl (C=O) groups excluding carboxylic acids is 1. The highest BCUT2D eigenvalue weighted by Gasteiger charge is 2.36. The molecule has 0 radical (unpaired) electrons. The molecule has 2 aromatic rings. The quantitative estimate of drug-likeness (QED) is 0.841. The maximum absolute atomic E-state index is 12.4. The Hall–Kier alpha value is -2.13. The molecule has 0 bridgehead atoms. The fourth-order valence-electron chi connectivity index (χ4n) is 2.53. The molecule has 0 saturated heterocycles. The first-order chi connectivity index (χ1) is 9.31. The lowest BCUT2D eigenvalue weighted by Gasteiger charge is -2.24. The molecular weight excluding hydrogens is 238 g/mol. The Kier molecular flexibility index (Phi) is 3.05. The summed E-state index contributed by atoms with van der Waals surface area (Å²) in [6.07, 6.45) is -0.288. The summed E-state index contributed by atoms with van der Waals surface area (Å²) in [5, 5.41) is 0. The Morgan fingerprint density at radius 2 is 1.74 bits per heavy atom. The molecule has 3 heteroatoms. The second-order valence-corrected chi connectivity index (χ2v) is 4.59. The summed E-state index contributed by atoms with van der Waals surface area (Å²) < 4.78 is 5.50. The topological polar surface area (TPSA) is 29.5 Å². The lowest BCUT2D eigenvalue weighted by Crippen LogP contribution is -2.28. The summed E-state index contributed by atoms with van der Waals surface area (Å²) in [5.74, 6) is 0.0336. The van der Waals surface area contributed by atoms with Crippen LogP contribution >= 0.6 is 0 Å². The summed E-state index contributed by atoms with van der Waals surface area (Å²) in [5.41, 5.74) is 2.79. The average Bonchev–Trinajstić information content (AvgIpc) is 2.73. The minimum atomic E-state index is -0.288. The molecule has 0 spiro atoms. The minimum Gasteiger partial charge on any atom is -0.357 e. The van der Waals surface area contributed by atoms with E-state index in [0.29, 0.717) is 6.54 Å². The third kappa shape index (κ3) is 2.02.